The number of hydrogen-bond acceptors (Lipinski definition) is 14. The van der Waals surface area contributed by atoms with E-state index in [0.29, 0.717) is 12.6 Å². The maximum Gasteiger partial charge on any atom is 0.309 e. The number of halogens is 2. The molecule has 2 aliphatic rings. The minimum absolute atomic E-state index is 0.264. The van der Waals surface area contributed by atoms with E-state index in [0.717, 1.165) is 48.9 Å². The second kappa shape index (κ2) is 27.3. The van der Waals surface area contributed by atoms with Crippen LogP contribution in [0.25, 0.3) is 0 Å². The Morgan fingerprint density at radius 3 is 1.88 bits per heavy atom. The van der Waals surface area contributed by atoms with Gasteiger partial charge in [-0.25, -0.2) is 13.8 Å². The van der Waals surface area contributed by atoms with Crippen LogP contribution >= 0.6 is 0 Å². The summed E-state index contributed by atoms with van der Waals surface area (Å²) >= 11 is 0. The van der Waals surface area contributed by atoms with Crippen LogP contribution in [0.1, 0.15) is 97.3 Å². The van der Waals surface area contributed by atoms with Crippen molar-refractivity contribution in [3.8, 4) is 0 Å². The first-order valence-electron chi connectivity index (χ1n) is 23.0. The van der Waals surface area contributed by atoms with Crippen LogP contribution in [0.4, 0.5) is 8.78 Å². The number of hydrogen-bond donors (Lipinski definition) is 7. The molecule has 18 heteroatoms. The highest BCUT2D eigenvalue weighted by molar-refractivity contribution is 7.00. The molecule has 1 aromatic heterocycles. The third-order valence-corrected chi connectivity index (χ3v) is 16.4. The van der Waals surface area contributed by atoms with Gasteiger partial charge in [0, 0.05) is 6.17 Å². The van der Waals surface area contributed by atoms with Crippen LogP contribution in [-0.2, 0) is 29.9 Å². The monoisotopic (exact) mass is 935 g/mol. The van der Waals surface area contributed by atoms with Gasteiger partial charge in [-0.05, 0) is 56.4 Å². The maximum absolute atomic E-state index is 13.2. The highest BCUT2D eigenvalue weighted by atomic mass is 28.3. The number of aromatic nitrogens is 3. The van der Waals surface area contributed by atoms with Crippen LogP contribution in [-0.4, -0.2) is 139 Å². The summed E-state index contributed by atoms with van der Waals surface area (Å²) in [4.78, 5) is 16.9. The first kappa shape index (κ1) is 54.1. The maximum atomic E-state index is 13.2. The molecule has 0 radical (unpaired) electrons. The van der Waals surface area contributed by atoms with Gasteiger partial charge in [0.15, 0.2) is 12.4 Å². The van der Waals surface area contributed by atoms with Gasteiger partial charge in [-0.1, -0.05) is 119 Å². The minimum atomic E-state index is -2.27. The van der Waals surface area contributed by atoms with Gasteiger partial charge in [-0.15, -0.1) is 0 Å². The summed E-state index contributed by atoms with van der Waals surface area (Å²) in [6.45, 7) is 3.69. The Balaban J connectivity index is 0.000000348. The molecule has 2 aliphatic heterocycles. The number of unbranched alkanes of at least 4 members (excludes halogenated alkanes) is 10. The van der Waals surface area contributed by atoms with E-state index in [1.165, 1.54) is 69.1 Å². The molecular formula is C47H71F2N3O12Si. The molecule has 0 spiro atoms. The van der Waals surface area contributed by atoms with Crippen molar-refractivity contribution < 1.29 is 68.3 Å². The number of carbonyl (C=O) groups is 1. The second-order valence-electron chi connectivity index (χ2n) is 17.3. The standard InChI is InChI=1S/C31H56O12.C16H15F2N3Si/c1-3-4-5-6-7-8-9-10-11-12-13-14-15-16-17-21(2)29(39)41-28-25(36)23(19-33)42-31(28,20-34)43-30-27(38)26(37)24(35)22(18-32)40-30;1-22(12-21-11-19-10-20-21,15-6-2-13(17)3-7-15)16-8-4-14(18)5-9-16/h10-11,21-28,30,32-38H,3-9,12-20H2,1-2H3;2-11H,12H2,1H3/b11-10-;/t21?,22-,23-,24-,25-,26+,27-,28+,30-,31+;/m1./s1. The smallest absolute Gasteiger partial charge is 0.309 e. The summed E-state index contributed by atoms with van der Waals surface area (Å²) in [5.74, 6) is -4.00. The number of ether oxygens (including phenoxy) is 4. The van der Waals surface area contributed by atoms with Crippen LogP contribution < -0.4 is 10.4 Å². The third-order valence-electron chi connectivity index (χ3n) is 12.2. The van der Waals surface area contributed by atoms with Crippen molar-refractivity contribution in [2.75, 3.05) is 19.8 Å². The number of rotatable bonds is 25. The lowest BCUT2D eigenvalue weighted by Crippen LogP contribution is -2.63. The zero-order valence-electron chi connectivity index (χ0n) is 37.9. The summed E-state index contributed by atoms with van der Waals surface area (Å²) < 4.78 is 50.4. The molecule has 0 amide bonds. The lowest BCUT2D eigenvalue weighted by atomic mass is 9.98. The average molecular weight is 936 g/mol. The van der Waals surface area contributed by atoms with Gasteiger partial charge in [0.1, 0.15) is 75.6 Å². The van der Waals surface area contributed by atoms with E-state index in [1.54, 1.807) is 17.9 Å². The fourth-order valence-corrected chi connectivity index (χ4v) is 11.4. The van der Waals surface area contributed by atoms with E-state index in [9.17, 15) is 49.3 Å². The Kier molecular flexibility index (Phi) is 22.7. The summed E-state index contributed by atoms with van der Waals surface area (Å²) in [5, 5.41) is 77.0. The van der Waals surface area contributed by atoms with Crippen LogP contribution in [0.15, 0.2) is 73.3 Å². The van der Waals surface area contributed by atoms with Crippen LogP contribution in [0, 0.1) is 17.6 Å². The SMILES string of the molecule is CCCCCCCC/C=C\CCCCCCC(C)C(=O)O[C@H]1[C@H](O)[C@@H](CO)O[C@@]1(CO)O[C@H]1O[C@H](CO)[C@@H](O)[C@H](O)[C@H]1O.C[Si](Cn1cncn1)(c1ccc(F)cc1)c1ccc(F)cc1. The van der Waals surface area contributed by atoms with Crippen LogP contribution in [0.5, 0.6) is 0 Å². The van der Waals surface area contributed by atoms with Gasteiger partial charge >= 0.3 is 5.97 Å². The van der Waals surface area contributed by atoms with Gasteiger partial charge in [0.05, 0.1) is 19.1 Å². The number of carbonyl (C=O) groups excluding carboxylic acids is 1. The Morgan fingerprint density at radius 1 is 0.800 bits per heavy atom. The van der Waals surface area contributed by atoms with E-state index in [4.69, 9.17) is 18.9 Å². The number of esters is 1. The fraction of sp³-hybridized carbons (Fsp3) is 0.638. The van der Waals surface area contributed by atoms with Crippen molar-refractivity contribution in [2.24, 2.45) is 5.92 Å². The van der Waals surface area contributed by atoms with Crippen LogP contribution in [0.3, 0.4) is 0 Å². The fourth-order valence-electron chi connectivity index (χ4n) is 8.10. The van der Waals surface area contributed by atoms with E-state index in [2.05, 4.69) is 35.7 Å². The molecule has 0 saturated carbocycles. The van der Waals surface area contributed by atoms with Crippen molar-refractivity contribution in [3.63, 3.8) is 0 Å². The molecule has 0 bridgehead atoms. The topological polar surface area (TPSA) is 226 Å². The Labute approximate surface area is 382 Å². The summed E-state index contributed by atoms with van der Waals surface area (Å²) in [7, 11) is -2.22. The van der Waals surface area contributed by atoms with Crippen molar-refractivity contribution >= 4 is 24.4 Å². The molecule has 1 unspecified atom stereocenters. The summed E-state index contributed by atoms with van der Waals surface area (Å²) in [6, 6.07) is 13.1. The molecule has 2 fully saturated rings. The van der Waals surface area contributed by atoms with Gasteiger partial charge in [0.2, 0.25) is 5.79 Å². The molecule has 3 heterocycles. The van der Waals surface area contributed by atoms with E-state index < -0.39 is 94.6 Å². The molecule has 5 rings (SSSR count). The molecule has 2 aromatic carbocycles. The molecule has 65 heavy (non-hydrogen) atoms. The number of nitrogens with zero attached hydrogens (tertiary/aromatic N) is 3. The normalized spacial score (nSPS) is 26.2. The summed E-state index contributed by atoms with van der Waals surface area (Å²) in [6.07, 6.45) is 9.92. The molecular weight excluding hydrogens is 865 g/mol. The van der Waals surface area contributed by atoms with Crippen molar-refractivity contribution in [3.05, 3.63) is 85.0 Å². The quantitative estimate of drug-likeness (QED) is 0.0280. The van der Waals surface area contributed by atoms with Crippen molar-refractivity contribution in [2.45, 2.75) is 165 Å². The number of aliphatic hydroxyl groups is 7. The third kappa shape index (κ3) is 15.5. The Bertz CT molecular complexity index is 1770. The van der Waals surface area contributed by atoms with E-state index in [1.807, 2.05) is 24.3 Å². The predicted molar refractivity (Wildman–Crippen MR) is 240 cm³/mol. The molecule has 2 saturated heterocycles. The van der Waals surface area contributed by atoms with Gasteiger partial charge in [0.25, 0.3) is 0 Å². The Hall–Kier alpha value is -3.53. The second-order valence-corrected chi connectivity index (χ2v) is 21.5. The molecule has 364 valence electrons. The average Bonchev–Trinajstić information content (AvgIpc) is 3.91. The van der Waals surface area contributed by atoms with Gasteiger partial charge in [-0.2, -0.15) is 5.10 Å². The van der Waals surface area contributed by atoms with E-state index in [-0.39, 0.29) is 11.6 Å². The largest absolute Gasteiger partial charge is 0.453 e. The number of allylic oxidation sites excluding steroid dienone is 2. The minimum Gasteiger partial charge on any atom is -0.453 e. The van der Waals surface area contributed by atoms with E-state index >= 15 is 0 Å². The van der Waals surface area contributed by atoms with Crippen molar-refractivity contribution in [1.82, 2.24) is 14.8 Å². The molecule has 0 aliphatic carbocycles. The molecule has 3 aromatic rings. The molecule has 15 nitrogen and oxygen atoms in total. The molecule has 7 N–H and O–H groups in total. The zero-order chi connectivity index (χ0) is 47.4. The zero-order valence-corrected chi connectivity index (χ0v) is 38.9. The number of benzene rings is 2. The van der Waals surface area contributed by atoms with Gasteiger partial charge in [-0.3, -0.25) is 9.48 Å². The van der Waals surface area contributed by atoms with Gasteiger partial charge < -0.3 is 54.7 Å². The highest BCUT2D eigenvalue weighted by Crippen LogP contribution is 2.38. The summed E-state index contributed by atoms with van der Waals surface area (Å²) in [5.41, 5.74) is 0. The lowest BCUT2D eigenvalue weighted by Gasteiger charge is -2.43. The Morgan fingerprint density at radius 2 is 1.35 bits per heavy atom. The molecule has 10 atom stereocenters. The first-order valence-corrected chi connectivity index (χ1v) is 25.7. The van der Waals surface area contributed by atoms with Crippen molar-refractivity contribution in [1.29, 1.82) is 0 Å². The highest BCUT2D eigenvalue weighted by Gasteiger charge is 2.61. The first-order chi connectivity index (χ1) is 31.2. The predicted octanol–water partition coefficient (Wildman–Crippen LogP) is 3.43. The van der Waals surface area contributed by atoms with Crippen LogP contribution in [0.2, 0.25) is 6.55 Å². The number of aliphatic hydroxyl groups excluding tert-OH is 7. The lowest BCUT2D eigenvalue weighted by molar-refractivity contribution is -0.384.